The summed E-state index contributed by atoms with van der Waals surface area (Å²) in [6.45, 7) is 8.37. The van der Waals surface area contributed by atoms with E-state index >= 15 is 0 Å². The first-order chi connectivity index (χ1) is 19.3. The van der Waals surface area contributed by atoms with E-state index in [1.165, 1.54) is 18.7 Å². The van der Waals surface area contributed by atoms with Crippen molar-refractivity contribution < 1.29 is 32.2 Å². The topological polar surface area (TPSA) is 116 Å². The molecule has 2 atom stereocenters. The molecule has 0 radical (unpaired) electrons. The summed E-state index contributed by atoms with van der Waals surface area (Å²) in [6, 6.07) is 10.6. The molecule has 0 amide bonds. The molecule has 0 spiro atoms. The minimum Gasteiger partial charge on any atom is -0.496 e. The van der Waals surface area contributed by atoms with Crippen molar-refractivity contribution in [2.24, 2.45) is 0 Å². The van der Waals surface area contributed by atoms with Gasteiger partial charge in [0, 0.05) is 36.3 Å². The van der Waals surface area contributed by atoms with Crippen molar-refractivity contribution in [3.63, 3.8) is 0 Å². The van der Waals surface area contributed by atoms with Crippen LogP contribution in [-0.4, -0.2) is 68.6 Å². The van der Waals surface area contributed by atoms with Crippen LogP contribution < -0.4 is 9.46 Å². The van der Waals surface area contributed by atoms with Crippen molar-refractivity contribution in [2.75, 3.05) is 27.8 Å². The molecule has 2 heterocycles. The first kappa shape index (κ1) is 30.5. The van der Waals surface area contributed by atoms with Crippen LogP contribution in [0.4, 0.5) is 4.79 Å². The fraction of sp³-hybridized carbons (Fsp3) is 0.467. The monoisotopic (exact) mass is 585 g/mol. The molecule has 0 bridgehead atoms. The van der Waals surface area contributed by atoms with E-state index in [-0.39, 0.29) is 6.04 Å². The van der Waals surface area contributed by atoms with Crippen molar-refractivity contribution in [3.05, 3.63) is 64.8 Å². The first-order valence-electron chi connectivity index (χ1n) is 13.5. The summed E-state index contributed by atoms with van der Waals surface area (Å²) < 4.78 is 45.9. The van der Waals surface area contributed by atoms with Gasteiger partial charge in [-0.3, -0.25) is 9.47 Å². The Morgan fingerprint density at radius 3 is 2.37 bits per heavy atom. The van der Waals surface area contributed by atoms with Crippen LogP contribution in [-0.2, 0) is 26.0 Å². The van der Waals surface area contributed by atoms with Crippen LogP contribution in [0.1, 0.15) is 66.7 Å². The zero-order valence-corrected chi connectivity index (χ0v) is 25.5. The van der Waals surface area contributed by atoms with E-state index in [2.05, 4.69) is 9.62 Å². The van der Waals surface area contributed by atoms with E-state index in [1.807, 2.05) is 52.0 Å². The highest BCUT2D eigenvalue weighted by Gasteiger charge is 2.36. The second-order valence-corrected chi connectivity index (χ2v) is 13.5. The van der Waals surface area contributed by atoms with E-state index < -0.39 is 32.9 Å². The third-order valence-electron chi connectivity index (χ3n) is 7.51. The van der Waals surface area contributed by atoms with E-state index in [4.69, 9.17) is 14.2 Å². The maximum absolute atomic E-state index is 13.0. The molecule has 11 heteroatoms. The highest BCUT2D eigenvalue weighted by atomic mass is 32.2. The van der Waals surface area contributed by atoms with Crippen molar-refractivity contribution in [1.82, 2.24) is 14.2 Å². The van der Waals surface area contributed by atoms with Gasteiger partial charge in [0.2, 0.25) is 10.0 Å². The van der Waals surface area contributed by atoms with Crippen LogP contribution in [0.5, 0.6) is 5.75 Å². The van der Waals surface area contributed by atoms with Crippen molar-refractivity contribution in [1.29, 1.82) is 0 Å². The lowest BCUT2D eigenvalue weighted by Crippen LogP contribution is -2.44. The standard InChI is InChI=1S/C30H39N3O7S/c1-19-16-26(38-6)24(23-13-15-33(27(19)23)29(35)40-30(2,3)4)18-32-14-12-22(41(36,37)31-5)17-25(32)20-8-10-21(11-9-20)28(34)39-7/h8-11,13,15-16,22,25,31H,12,14,17-18H2,1-7H3/t22-,25-/m0/s1. The summed E-state index contributed by atoms with van der Waals surface area (Å²) in [5, 5.41) is 0.291. The molecular formula is C30H39N3O7S. The first-order valence-corrected chi connectivity index (χ1v) is 15.1. The lowest BCUT2D eigenvalue weighted by Gasteiger charge is -2.39. The van der Waals surface area contributed by atoms with Gasteiger partial charge in [-0.2, -0.15) is 0 Å². The summed E-state index contributed by atoms with van der Waals surface area (Å²) >= 11 is 0. The quantitative estimate of drug-likeness (QED) is 0.394. The number of sulfonamides is 1. The molecule has 1 saturated heterocycles. The fourth-order valence-corrected chi connectivity index (χ4v) is 6.68. The van der Waals surface area contributed by atoms with Gasteiger partial charge < -0.3 is 14.2 Å². The number of carbonyl (C=O) groups excluding carboxylic acids is 2. The number of ether oxygens (including phenoxy) is 3. The van der Waals surface area contributed by atoms with Gasteiger partial charge in [-0.1, -0.05) is 12.1 Å². The van der Waals surface area contributed by atoms with Crippen molar-refractivity contribution >= 4 is 33.0 Å². The minimum absolute atomic E-state index is 0.252. The maximum atomic E-state index is 13.0. The second-order valence-electron chi connectivity index (χ2n) is 11.3. The summed E-state index contributed by atoms with van der Waals surface area (Å²) in [4.78, 5) is 27.3. The molecule has 1 aliphatic rings. The fourth-order valence-electron chi connectivity index (χ4n) is 5.50. The lowest BCUT2D eigenvalue weighted by molar-refractivity contribution is 0.0542. The van der Waals surface area contributed by atoms with E-state index in [1.54, 1.807) is 25.4 Å². The number of piperidine rings is 1. The average Bonchev–Trinajstić information content (AvgIpc) is 3.39. The normalized spacial score (nSPS) is 18.3. The van der Waals surface area contributed by atoms with Crippen LogP contribution in [0.2, 0.25) is 0 Å². The number of fused-ring (bicyclic) bond motifs is 1. The number of nitrogens with one attached hydrogen (secondary N) is 1. The number of nitrogens with zero attached hydrogens (tertiary/aromatic N) is 2. The highest BCUT2D eigenvalue weighted by molar-refractivity contribution is 7.90. The second kappa shape index (κ2) is 11.8. The van der Waals surface area contributed by atoms with Crippen LogP contribution in [0, 0.1) is 6.92 Å². The largest absolute Gasteiger partial charge is 0.496 e. The van der Waals surface area contributed by atoms with Crippen LogP contribution >= 0.6 is 0 Å². The average molecular weight is 586 g/mol. The maximum Gasteiger partial charge on any atom is 0.419 e. The van der Waals surface area contributed by atoms with Crippen molar-refractivity contribution in [3.8, 4) is 5.75 Å². The Kier molecular flexibility index (Phi) is 8.81. The molecule has 1 aliphatic heterocycles. The number of aromatic nitrogens is 1. The van der Waals surface area contributed by atoms with Gasteiger partial charge in [-0.25, -0.2) is 22.7 Å². The summed E-state index contributed by atoms with van der Waals surface area (Å²) in [7, 11) is 0.893. The molecule has 0 unspecified atom stereocenters. The Morgan fingerprint density at radius 2 is 1.78 bits per heavy atom. The Labute approximate surface area is 241 Å². The van der Waals surface area contributed by atoms with Gasteiger partial charge in [-0.05, 0) is 83.0 Å². The molecule has 0 saturated carbocycles. The van der Waals surface area contributed by atoms with Crippen LogP contribution in [0.25, 0.3) is 10.9 Å². The molecule has 0 aliphatic carbocycles. The summed E-state index contributed by atoms with van der Waals surface area (Å²) in [5.74, 6) is 0.246. The number of methoxy groups -OCH3 is 2. The van der Waals surface area contributed by atoms with E-state index in [0.29, 0.717) is 37.2 Å². The smallest absolute Gasteiger partial charge is 0.419 e. The molecule has 41 heavy (non-hydrogen) atoms. The predicted molar refractivity (Wildman–Crippen MR) is 157 cm³/mol. The Balaban J connectivity index is 1.76. The van der Waals surface area contributed by atoms with Gasteiger partial charge in [0.1, 0.15) is 11.4 Å². The number of esters is 1. The highest BCUT2D eigenvalue weighted by Crippen LogP contribution is 2.39. The molecule has 222 valence electrons. The van der Waals surface area contributed by atoms with Crippen LogP contribution in [0.3, 0.4) is 0 Å². The Bertz CT molecular complexity index is 1540. The van der Waals surface area contributed by atoms with Crippen molar-refractivity contribution in [2.45, 2.75) is 64.0 Å². The Hall–Kier alpha value is -3.41. The summed E-state index contributed by atoms with van der Waals surface area (Å²) in [6.07, 6.45) is 2.07. The number of hydrogen-bond acceptors (Lipinski definition) is 8. The predicted octanol–water partition coefficient (Wildman–Crippen LogP) is 4.78. The molecule has 4 rings (SSSR count). The minimum atomic E-state index is -3.49. The van der Waals surface area contributed by atoms with Gasteiger partial charge in [-0.15, -0.1) is 0 Å². The van der Waals surface area contributed by atoms with E-state index in [0.717, 1.165) is 27.6 Å². The zero-order chi connectivity index (χ0) is 30.1. The number of carbonyl (C=O) groups is 2. The molecular weight excluding hydrogens is 546 g/mol. The third kappa shape index (κ3) is 6.42. The van der Waals surface area contributed by atoms with Gasteiger partial charge in [0.05, 0.1) is 30.5 Å². The van der Waals surface area contributed by atoms with E-state index in [9.17, 15) is 18.0 Å². The lowest BCUT2D eigenvalue weighted by atomic mass is 9.93. The number of aryl methyl sites for hydroxylation is 1. The summed E-state index contributed by atoms with van der Waals surface area (Å²) in [5.41, 5.74) is 3.16. The number of likely N-dealkylation sites (tertiary alicyclic amines) is 1. The molecule has 2 aromatic carbocycles. The van der Waals surface area contributed by atoms with Gasteiger partial charge in [0.15, 0.2) is 0 Å². The number of rotatable bonds is 7. The molecule has 3 aromatic rings. The third-order valence-corrected chi connectivity index (χ3v) is 9.38. The molecule has 1 fully saturated rings. The molecule has 1 N–H and O–H groups in total. The zero-order valence-electron chi connectivity index (χ0n) is 24.7. The molecule has 1 aromatic heterocycles. The van der Waals surface area contributed by atoms with Gasteiger partial charge in [0.25, 0.3) is 0 Å². The SMILES string of the molecule is CNS(=O)(=O)[C@H]1CCN(Cc2c(OC)cc(C)c3c2ccn3C(=O)OC(C)(C)C)[C@H](c2ccc(C(=O)OC)cc2)C1. The number of hydrogen-bond donors (Lipinski definition) is 1. The molecule has 10 nitrogen and oxygen atoms in total. The van der Waals surface area contributed by atoms with Gasteiger partial charge >= 0.3 is 12.1 Å². The Morgan fingerprint density at radius 1 is 1.10 bits per heavy atom. The van der Waals surface area contributed by atoms with Crippen LogP contribution in [0.15, 0.2) is 42.6 Å². The number of benzene rings is 2.